The van der Waals surface area contributed by atoms with Crippen LogP contribution in [0.4, 0.5) is 4.39 Å². The highest BCUT2D eigenvalue weighted by Crippen LogP contribution is 2.29. The zero-order valence-electron chi connectivity index (χ0n) is 11.0. The number of hydrogen-bond acceptors (Lipinski definition) is 3. The van der Waals surface area contributed by atoms with Crippen LogP contribution in [0.5, 0.6) is 0 Å². The Morgan fingerprint density at radius 2 is 2.30 bits per heavy atom. The molecule has 1 aliphatic rings. The molecule has 0 fully saturated rings. The molecule has 0 radical (unpaired) electrons. The molecule has 5 heteroatoms. The fraction of sp³-hybridized carbons (Fsp3) is 0.267. The number of nitrogens with one attached hydrogen (secondary N) is 1. The van der Waals surface area contributed by atoms with Gasteiger partial charge in [-0.1, -0.05) is 6.07 Å². The molecule has 1 atom stereocenters. The summed E-state index contributed by atoms with van der Waals surface area (Å²) in [5.41, 5.74) is 5.71. The van der Waals surface area contributed by atoms with Crippen LogP contribution in [0.25, 0.3) is 11.3 Å². The van der Waals surface area contributed by atoms with Gasteiger partial charge in [0.05, 0.1) is 5.69 Å². The molecule has 104 valence electrons. The normalized spacial score (nSPS) is 17.4. The molecular weight excluding hydrogens is 257 g/mol. The number of aliphatic hydroxyl groups excluding tert-OH is 1. The summed E-state index contributed by atoms with van der Waals surface area (Å²) in [6.07, 6.45) is 5.15. The molecule has 0 spiro atoms. The van der Waals surface area contributed by atoms with Gasteiger partial charge in [-0.25, -0.2) is 4.39 Å². The molecule has 4 nitrogen and oxygen atoms in total. The van der Waals surface area contributed by atoms with E-state index >= 15 is 0 Å². The Bertz CT molecular complexity index is 628. The summed E-state index contributed by atoms with van der Waals surface area (Å²) in [5.74, 6) is -0.273. The van der Waals surface area contributed by atoms with Gasteiger partial charge in [-0.3, -0.25) is 5.43 Å². The summed E-state index contributed by atoms with van der Waals surface area (Å²) < 4.78 is 15.6. The molecule has 1 aliphatic heterocycles. The molecule has 0 bridgehead atoms. The van der Waals surface area contributed by atoms with E-state index in [0.29, 0.717) is 6.42 Å². The largest absolute Gasteiger partial charge is 0.396 e. The quantitative estimate of drug-likeness (QED) is 0.898. The van der Waals surface area contributed by atoms with Gasteiger partial charge < -0.3 is 9.67 Å². The highest BCUT2D eigenvalue weighted by molar-refractivity contribution is 5.66. The van der Waals surface area contributed by atoms with Gasteiger partial charge in [0.15, 0.2) is 0 Å². The van der Waals surface area contributed by atoms with Crippen molar-refractivity contribution < 1.29 is 9.50 Å². The lowest BCUT2D eigenvalue weighted by atomic mass is 10.0. The van der Waals surface area contributed by atoms with E-state index in [1.54, 1.807) is 6.07 Å². The van der Waals surface area contributed by atoms with Crippen LogP contribution < -0.4 is 5.43 Å². The van der Waals surface area contributed by atoms with Gasteiger partial charge in [-0.2, -0.15) is 5.10 Å². The lowest BCUT2D eigenvalue weighted by Gasteiger charge is -2.18. The molecule has 0 amide bonds. The van der Waals surface area contributed by atoms with Crippen molar-refractivity contribution in [3.8, 4) is 11.3 Å². The smallest absolute Gasteiger partial charge is 0.124 e. The second-order valence-electron chi connectivity index (χ2n) is 4.77. The Labute approximate surface area is 116 Å². The fourth-order valence-corrected chi connectivity index (χ4v) is 2.54. The Balaban J connectivity index is 2.04. The number of aliphatic hydroxyl groups is 1. The van der Waals surface area contributed by atoms with Crippen molar-refractivity contribution in [2.75, 3.05) is 6.61 Å². The van der Waals surface area contributed by atoms with Gasteiger partial charge in [-0.15, -0.1) is 0 Å². The standard InChI is InChI=1S/C15H16FN3O/c16-12-4-3-11(6-9-20)13(10-12)14-2-1-8-19(14)15-5-7-17-18-15/h1-4,7-8,10,15,18,20H,5-6,9H2. The second-order valence-corrected chi connectivity index (χ2v) is 4.77. The molecule has 0 aliphatic carbocycles. The molecule has 2 N–H and O–H groups in total. The number of hydrazone groups is 1. The predicted molar refractivity (Wildman–Crippen MR) is 75.9 cm³/mol. The van der Waals surface area contributed by atoms with Crippen LogP contribution in [-0.2, 0) is 6.42 Å². The van der Waals surface area contributed by atoms with Gasteiger partial charge in [0, 0.05) is 31.0 Å². The highest BCUT2D eigenvalue weighted by Gasteiger charge is 2.17. The Morgan fingerprint density at radius 3 is 3.05 bits per heavy atom. The zero-order chi connectivity index (χ0) is 13.9. The molecule has 1 aromatic heterocycles. The van der Waals surface area contributed by atoms with E-state index in [2.05, 4.69) is 10.5 Å². The molecule has 1 unspecified atom stereocenters. The zero-order valence-corrected chi connectivity index (χ0v) is 11.0. The summed E-state index contributed by atoms with van der Waals surface area (Å²) in [4.78, 5) is 0. The topological polar surface area (TPSA) is 49.5 Å². The number of aromatic nitrogens is 1. The molecule has 2 heterocycles. The molecule has 0 saturated carbocycles. The first-order valence-electron chi connectivity index (χ1n) is 6.63. The molecule has 0 saturated heterocycles. The van der Waals surface area contributed by atoms with E-state index in [0.717, 1.165) is 23.2 Å². The lowest BCUT2D eigenvalue weighted by molar-refractivity contribution is 0.299. The summed E-state index contributed by atoms with van der Waals surface area (Å²) in [6.45, 7) is 0.0458. The van der Waals surface area contributed by atoms with Gasteiger partial charge in [0.2, 0.25) is 0 Å². The van der Waals surface area contributed by atoms with Gasteiger partial charge in [0.1, 0.15) is 12.0 Å². The Hall–Kier alpha value is -2.14. The maximum Gasteiger partial charge on any atom is 0.124 e. The maximum absolute atomic E-state index is 13.6. The van der Waals surface area contributed by atoms with E-state index < -0.39 is 0 Å². The first-order valence-corrected chi connectivity index (χ1v) is 6.63. The predicted octanol–water partition coefficient (Wildman–Crippen LogP) is 2.31. The molecule has 1 aromatic carbocycles. The Morgan fingerprint density at radius 1 is 1.40 bits per heavy atom. The SMILES string of the molecule is OCCc1ccc(F)cc1-c1cccn1C1CC=NN1. The van der Waals surface area contributed by atoms with Crippen LogP contribution in [0, 0.1) is 5.82 Å². The van der Waals surface area contributed by atoms with Crippen LogP contribution in [0.1, 0.15) is 18.2 Å². The third-order valence-corrected chi connectivity index (χ3v) is 3.49. The summed E-state index contributed by atoms with van der Waals surface area (Å²) in [5, 5.41) is 13.2. The third kappa shape index (κ3) is 2.32. The monoisotopic (exact) mass is 273 g/mol. The first kappa shape index (κ1) is 12.9. The van der Waals surface area contributed by atoms with Crippen molar-refractivity contribution in [3.63, 3.8) is 0 Å². The number of rotatable bonds is 4. The molecular formula is C15H16FN3O. The number of nitrogens with zero attached hydrogens (tertiary/aromatic N) is 2. The van der Waals surface area contributed by atoms with Gasteiger partial charge in [-0.05, 0) is 36.2 Å². The van der Waals surface area contributed by atoms with E-state index in [9.17, 15) is 4.39 Å². The van der Waals surface area contributed by atoms with Crippen molar-refractivity contribution in [1.82, 2.24) is 9.99 Å². The van der Waals surface area contributed by atoms with Crippen LogP contribution in [0.3, 0.4) is 0 Å². The number of halogens is 1. The fourth-order valence-electron chi connectivity index (χ4n) is 2.54. The van der Waals surface area contributed by atoms with Crippen molar-refractivity contribution >= 4 is 6.21 Å². The highest BCUT2D eigenvalue weighted by atomic mass is 19.1. The Kier molecular flexibility index (Phi) is 3.52. The summed E-state index contributed by atoms with van der Waals surface area (Å²) in [7, 11) is 0. The van der Waals surface area contributed by atoms with Crippen molar-refractivity contribution in [2.45, 2.75) is 19.0 Å². The van der Waals surface area contributed by atoms with Crippen LogP contribution >= 0.6 is 0 Å². The molecule has 20 heavy (non-hydrogen) atoms. The second kappa shape index (κ2) is 5.46. The van der Waals surface area contributed by atoms with Crippen LogP contribution in [-0.4, -0.2) is 22.5 Å². The van der Waals surface area contributed by atoms with E-state index in [-0.39, 0.29) is 18.6 Å². The average Bonchev–Trinajstić information content (AvgIpc) is 3.10. The minimum absolute atomic E-state index is 0.0458. The van der Waals surface area contributed by atoms with Crippen molar-refractivity contribution in [3.05, 3.63) is 47.9 Å². The number of benzene rings is 1. The van der Waals surface area contributed by atoms with E-state index in [1.165, 1.54) is 12.1 Å². The van der Waals surface area contributed by atoms with E-state index in [4.69, 9.17) is 5.11 Å². The maximum atomic E-state index is 13.6. The van der Waals surface area contributed by atoms with Gasteiger partial charge in [0.25, 0.3) is 0 Å². The average molecular weight is 273 g/mol. The van der Waals surface area contributed by atoms with Crippen molar-refractivity contribution in [2.24, 2.45) is 5.10 Å². The van der Waals surface area contributed by atoms with Crippen LogP contribution in [0.2, 0.25) is 0 Å². The minimum atomic E-state index is -0.273. The summed E-state index contributed by atoms with van der Waals surface area (Å²) in [6, 6.07) is 8.57. The summed E-state index contributed by atoms with van der Waals surface area (Å²) >= 11 is 0. The lowest BCUT2D eigenvalue weighted by Crippen LogP contribution is -2.18. The number of hydrogen-bond donors (Lipinski definition) is 2. The van der Waals surface area contributed by atoms with Crippen LogP contribution in [0.15, 0.2) is 41.6 Å². The molecule has 2 aromatic rings. The minimum Gasteiger partial charge on any atom is -0.396 e. The molecule has 3 rings (SSSR count). The van der Waals surface area contributed by atoms with E-state index in [1.807, 2.05) is 29.1 Å². The van der Waals surface area contributed by atoms with Crippen molar-refractivity contribution in [1.29, 1.82) is 0 Å². The third-order valence-electron chi connectivity index (χ3n) is 3.49. The van der Waals surface area contributed by atoms with Gasteiger partial charge >= 0.3 is 0 Å². The first-order chi connectivity index (χ1) is 9.79.